The normalized spacial score (nSPS) is 13.9. The van der Waals surface area contributed by atoms with E-state index in [1.54, 1.807) is 0 Å². The maximum atomic E-state index is 11.8. The molecule has 2 N–H and O–H groups in total. The molecule has 100 valence electrons. The van der Waals surface area contributed by atoms with Crippen molar-refractivity contribution in [2.45, 2.75) is 39.8 Å². The molecule has 0 saturated carbocycles. The summed E-state index contributed by atoms with van der Waals surface area (Å²) in [4.78, 5) is 22.3. The second-order valence-corrected chi connectivity index (χ2v) is 4.34. The Balaban J connectivity index is 2.61. The predicted octanol–water partition coefficient (Wildman–Crippen LogP) is 0.527. The molecule has 7 nitrogen and oxygen atoms in total. The quantitative estimate of drug-likeness (QED) is 0.771. The van der Waals surface area contributed by atoms with Gasteiger partial charge >= 0.3 is 5.97 Å². The highest BCUT2D eigenvalue weighted by atomic mass is 16.4. The topological polar surface area (TPSA) is 97.1 Å². The lowest BCUT2D eigenvalue weighted by Crippen LogP contribution is -2.37. The molecule has 7 heteroatoms. The summed E-state index contributed by atoms with van der Waals surface area (Å²) in [7, 11) is 0. The molecule has 0 aromatic carbocycles. The van der Waals surface area contributed by atoms with Crippen molar-refractivity contribution >= 4 is 11.9 Å². The van der Waals surface area contributed by atoms with Gasteiger partial charge in [0.15, 0.2) is 5.69 Å². The molecule has 18 heavy (non-hydrogen) atoms. The van der Waals surface area contributed by atoms with Crippen molar-refractivity contribution in [1.29, 1.82) is 0 Å². The standard InChI is InChI=1S/C11H18N4O3/c1-4-7(2)8(3)12-11(18)9-5-15(14-13-9)6-10(16)17/h5,7-8H,4,6H2,1-3H3,(H,12,18)(H,16,17). The highest BCUT2D eigenvalue weighted by molar-refractivity contribution is 5.92. The molecule has 2 atom stereocenters. The third-order valence-corrected chi connectivity index (χ3v) is 2.92. The van der Waals surface area contributed by atoms with Crippen molar-refractivity contribution in [2.75, 3.05) is 0 Å². The van der Waals surface area contributed by atoms with Gasteiger partial charge in [-0.15, -0.1) is 5.10 Å². The Morgan fingerprint density at radius 2 is 2.17 bits per heavy atom. The number of carboxylic acids is 1. The minimum atomic E-state index is -1.03. The van der Waals surface area contributed by atoms with Crippen LogP contribution in [0.5, 0.6) is 0 Å². The van der Waals surface area contributed by atoms with E-state index in [1.165, 1.54) is 6.20 Å². The Bertz CT molecular complexity index is 430. The fourth-order valence-corrected chi connectivity index (χ4v) is 1.39. The molecule has 0 aliphatic heterocycles. The summed E-state index contributed by atoms with van der Waals surface area (Å²) in [5.41, 5.74) is 0.131. The van der Waals surface area contributed by atoms with Crippen molar-refractivity contribution in [3.8, 4) is 0 Å². The van der Waals surface area contributed by atoms with Gasteiger partial charge in [0.2, 0.25) is 0 Å². The molecular weight excluding hydrogens is 236 g/mol. The van der Waals surface area contributed by atoms with Gasteiger partial charge in [0.25, 0.3) is 5.91 Å². The van der Waals surface area contributed by atoms with Gasteiger partial charge in [0.05, 0.1) is 6.20 Å². The summed E-state index contributed by atoms with van der Waals surface area (Å²) >= 11 is 0. The first-order valence-corrected chi connectivity index (χ1v) is 5.86. The Hall–Kier alpha value is -1.92. The Morgan fingerprint density at radius 3 is 2.72 bits per heavy atom. The Labute approximate surface area is 105 Å². The summed E-state index contributed by atoms with van der Waals surface area (Å²) in [6.45, 7) is 5.72. The predicted molar refractivity (Wildman–Crippen MR) is 64.0 cm³/mol. The van der Waals surface area contributed by atoms with Gasteiger partial charge in [-0.3, -0.25) is 9.59 Å². The smallest absolute Gasteiger partial charge is 0.325 e. The largest absolute Gasteiger partial charge is 0.480 e. The monoisotopic (exact) mass is 254 g/mol. The van der Waals surface area contributed by atoms with E-state index in [2.05, 4.69) is 22.6 Å². The lowest BCUT2D eigenvalue weighted by atomic mass is 10.0. The van der Waals surface area contributed by atoms with Gasteiger partial charge in [-0.25, -0.2) is 4.68 Å². The average Bonchev–Trinajstić information content (AvgIpc) is 2.75. The zero-order chi connectivity index (χ0) is 13.7. The first kappa shape index (κ1) is 14.1. The summed E-state index contributed by atoms with van der Waals surface area (Å²) < 4.78 is 1.12. The van der Waals surface area contributed by atoms with Crippen molar-refractivity contribution in [1.82, 2.24) is 20.3 Å². The first-order valence-electron chi connectivity index (χ1n) is 5.86. The number of hydrogen-bond donors (Lipinski definition) is 2. The van der Waals surface area contributed by atoms with E-state index in [0.717, 1.165) is 11.1 Å². The van der Waals surface area contributed by atoms with Gasteiger partial charge < -0.3 is 10.4 Å². The number of amides is 1. The van der Waals surface area contributed by atoms with Gasteiger partial charge in [-0.2, -0.15) is 0 Å². The van der Waals surface area contributed by atoms with Crippen LogP contribution in [0.1, 0.15) is 37.7 Å². The molecule has 1 aromatic rings. The van der Waals surface area contributed by atoms with Crippen LogP contribution in [-0.2, 0) is 11.3 Å². The number of aromatic nitrogens is 3. The van der Waals surface area contributed by atoms with Crippen LogP contribution in [0, 0.1) is 5.92 Å². The zero-order valence-corrected chi connectivity index (χ0v) is 10.8. The molecule has 1 rings (SSSR count). The van der Waals surface area contributed by atoms with Crippen LogP contribution in [0.4, 0.5) is 0 Å². The molecule has 1 heterocycles. The number of nitrogens with zero attached hydrogens (tertiary/aromatic N) is 3. The summed E-state index contributed by atoms with van der Waals surface area (Å²) in [5, 5.41) is 18.6. The van der Waals surface area contributed by atoms with Gasteiger partial charge in [0.1, 0.15) is 6.54 Å². The third-order valence-electron chi connectivity index (χ3n) is 2.92. The molecular formula is C11H18N4O3. The third kappa shape index (κ3) is 3.83. The molecule has 0 aliphatic rings. The second kappa shape index (κ2) is 6.13. The van der Waals surface area contributed by atoms with Crippen LogP contribution in [0.15, 0.2) is 6.20 Å². The van der Waals surface area contributed by atoms with Crippen LogP contribution in [0.25, 0.3) is 0 Å². The minimum Gasteiger partial charge on any atom is -0.480 e. The van der Waals surface area contributed by atoms with Crippen molar-refractivity contribution in [2.24, 2.45) is 5.92 Å². The van der Waals surface area contributed by atoms with Crippen LogP contribution in [0.2, 0.25) is 0 Å². The van der Waals surface area contributed by atoms with Crippen molar-refractivity contribution in [3.05, 3.63) is 11.9 Å². The van der Waals surface area contributed by atoms with E-state index in [-0.39, 0.29) is 24.2 Å². The Kier molecular flexibility index (Phi) is 4.82. The van der Waals surface area contributed by atoms with Crippen LogP contribution in [0.3, 0.4) is 0 Å². The highest BCUT2D eigenvalue weighted by Crippen LogP contribution is 2.07. The number of carbonyl (C=O) groups excluding carboxylic acids is 1. The SMILES string of the molecule is CCC(C)C(C)NC(=O)c1cn(CC(=O)O)nn1. The van der Waals surface area contributed by atoms with Crippen molar-refractivity contribution in [3.63, 3.8) is 0 Å². The highest BCUT2D eigenvalue weighted by Gasteiger charge is 2.17. The molecule has 2 unspecified atom stereocenters. The van der Waals surface area contributed by atoms with Gasteiger partial charge in [-0.05, 0) is 12.8 Å². The van der Waals surface area contributed by atoms with E-state index >= 15 is 0 Å². The fourth-order valence-electron chi connectivity index (χ4n) is 1.39. The minimum absolute atomic E-state index is 0.0344. The number of rotatable bonds is 6. The molecule has 0 radical (unpaired) electrons. The van der Waals surface area contributed by atoms with E-state index in [4.69, 9.17) is 5.11 Å². The molecule has 1 aromatic heterocycles. The van der Waals surface area contributed by atoms with E-state index < -0.39 is 5.97 Å². The average molecular weight is 254 g/mol. The van der Waals surface area contributed by atoms with Gasteiger partial charge in [-0.1, -0.05) is 25.5 Å². The lowest BCUT2D eigenvalue weighted by Gasteiger charge is -2.18. The molecule has 1 amide bonds. The van der Waals surface area contributed by atoms with Crippen LogP contribution < -0.4 is 5.32 Å². The number of hydrogen-bond acceptors (Lipinski definition) is 4. The molecule has 0 saturated heterocycles. The molecule has 0 bridgehead atoms. The van der Waals surface area contributed by atoms with Crippen LogP contribution in [-0.4, -0.2) is 38.0 Å². The number of carbonyl (C=O) groups is 2. The zero-order valence-electron chi connectivity index (χ0n) is 10.8. The summed E-state index contributed by atoms with van der Waals surface area (Å²) in [5.74, 6) is -0.998. The lowest BCUT2D eigenvalue weighted by molar-refractivity contribution is -0.137. The Morgan fingerprint density at radius 1 is 1.50 bits per heavy atom. The van der Waals surface area contributed by atoms with Crippen molar-refractivity contribution < 1.29 is 14.7 Å². The van der Waals surface area contributed by atoms with E-state index in [1.807, 2.05) is 13.8 Å². The molecule has 0 fully saturated rings. The second-order valence-electron chi connectivity index (χ2n) is 4.34. The summed E-state index contributed by atoms with van der Waals surface area (Å²) in [6, 6.07) is 0.0344. The summed E-state index contributed by atoms with van der Waals surface area (Å²) in [6.07, 6.45) is 2.29. The van der Waals surface area contributed by atoms with Gasteiger partial charge in [0, 0.05) is 6.04 Å². The van der Waals surface area contributed by atoms with Crippen LogP contribution >= 0.6 is 0 Å². The number of aliphatic carboxylic acids is 1. The number of nitrogens with one attached hydrogen (secondary N) is 1. The van der Waals surface area contributed by atoms with E-state index in [9.17, 15) is 9.59 Å². The fraction of sp³-hybridized carbons (Fsp3) is 0.636. The molecule has 0 spiro atoms. The maximum Gasteiger partial charge on any atom is 0.325 e. The molecule has 0 aliphatic carbocycles. The first-order chi connectivity index (χ1) is 8.43. The maximum absolute atomic E-state index is 11.8. The number of carboxylic acid groups (broad SMARTS) is 1. The van der Waals surface area contributed by atoms with E-state index in [0.29, 0.717) is 5.92 Å².